The van der Waals surface area contributed by atoms with E-state index >= 15 is 0 Å². The van der Waals surface area contributed by atoms with E-state index in [1.54, 1.807) is 31.2 Å². The molecule has 9 heteroatoms. The summed E-state index contributed by atoms with van der Waals surface area (Å²) < 4.78 is 9.46. The van der Waals surface area contributed by atoms with Crippen molar-refractivity contribution >= 4 is 41.0 Å². The van der Waals surface area contributed by atoms with Crippen LogP contribution in [0.1, 0.15) is 22.8 Å². The van der Waals surface area contributed by atoms with Gasteiger partial charge in [-0.25, -0.2) is 4.79 Å². The van der Waals surface area contributed by atoms with Crippen molar-refractivity contribution in [1.82, 2.24) is 4.90 Å². The number of carbonyl (C=O) groups is 3. The molecule has 1 fully saturated rings. The number of hydrogen-bond acceptors (Lipinski definition) is 8. The zero-order chi connectivity index (χ0) is 18.2. The van der Waals surface area contributed by atoms with Crippen LogP contribution in [0.4, 0.5) is 0 Å². The van der Waals surface area contributed by atoms with Crippen LogP contribution in [-0.4, -0.2) is 60.1 Å². The summed E-state index contributed by atoms with van der Waals surface area (Å²) in [6.45, 7) is 1.77. The highest BCUT2D eigenvalue weighted by atomic mass is 32.2. The Labute approximate surface area is 148 Å². The fourth-order valence-corrected chi connectivity index (χ4v) is 2.77. The van der Waals surface area contributed by atoms with Gasteiger partial charge in [0.2, 0.25) is 5.91 Å². The third-order valence-corrected chi connectivity index (χ3v) is 4.08. The molecule has 1 amide bonds. The number of amidine groups is 1. The smallest absolute Gasteiger partial charge is 0.337 e. The first-order valence-electron chi connectivity index (χ1n) is 7.43. The molecule has 0 aromatic heterocycles. The van der Waals surface area contributed by atoms with E-state index in [1.165, 1.54) is 30.0 Å². The third kappa shape index (κ3) is 5.15. The summed E-state index contributed by atoms with van der Waals surface area (Å²) in [6, 6.07) is 6.61. The number of amides is 1. The zero-order valence-electron chi connectivity index (χ0n) is 13.8. The summed E-state index contributed by atoms with van der Waals surface area (Å²) in [7, 11) is 1.32. The molecule has 0 bridgehead atoms. The Hall–Kier alpha value is -2.68. The molecule has 1 saturated heterocycles. The van der Waals surface area contributed by atoms with E-state index in [9.17, 15) is 14.4 Å². The standard InChI is InChI=1S/C16H17N3O5S/c1-3-24-14(21)9-19-13(20)10-25-16(19)18-17-8-11-4-6-12(7-5-11)15(22)23-2/h4-8H,3,9-10H2,1-2H3. The van der Waals surface area contributed by atoms with Gasteiger partial charge in [0.25, 0.3) is 0 Å². The Balaban J connectivity index is 2.03. The van der Waals surface area contributed by atoms with E-state index < -0.39 is 11.9 Å². The number of methoxy groups -OCH3 is 1. The van der Waals surface area contributed by atoms with Crippen molar-refractivity contribution in [2.24, 2.45) is 10.2 Å². The number of nitrogens with zero attached hydrogens (tertiary/aromatic N) is 3. The Bertz CT molecular complexity index is 715. The second-order valence-corrected chi connectivity index (χ2v) is 5.76. The summed E-state index contributed by atoms with van der Waals surface area (Å²) in [5.41, 5.74) is 1.16. The SMILES string of the molecule is CCOC(=O)CN1C(=O)CSC1=NN=Cc1ccc(C(=O)OC)cc1. The summed E-state index contributed by atoms with van der Waals surface area (Å²) >= 11 is 1.21. The minimum atomic E-state index is -0.492. The van der Waals surface area contributed by atoms with Crippen molar-refractivity contribution in [3.63, 3.8) is 0 Å². The van der Waals surface area contributed by atoms with Crippen LogP contribution < -0.4 is 0 Å². The fraction of sp³-hybridized carbons (Fsp3) is 0.312. The number of ether oxygens (including phenoxy) is 2. The largest absolute Gasteiger partial charge is 0.465 e. The molecule has 8 nitrogen and oxygen atoms in total. The average molecular weight is 363 g/mol. The van der Waals surface area contributed by atoms with E-state index in [-0.39, 0.29) is 24.8 Å². The first-order valence-corrected chi connectivity index (χ1v) is 8.42. The summed E-state index contributed by atoms with van der Waals surface area (Å²) in [4.78, 5) is 36.0. The predicted octanol–water partition coefficient (Wildman–Crippen LogP) is 1.30. The van der Waals surface area contributed by atoms with Crippen LogP contribution in [0.3, 0.4) is 0 Å². The third-order valence-electron chi connectivity index (χ3n) is 3.13. The lowest BCUT2D eigenvalue weighted by atomic mass is 10.1. The van der Waals surface area contributed by atoms with Crippen LogP contribution in [0.5, 0.6) is 0 Å². The lowest BCUT2D eigenvalue weighted by Gasteiger charge is -2.13. The molecular weight excluding hydrogens is 346 g/mol. The van der Waals surface area contributed by atoms with Gasteiger partial charge >= 0.3 is 11.9 Å². The first kappa shape index (κ1) is 18.7. The average Bonchev–Trinajstić information content (AvgIpc) is 2.95. The van der Waals surface area contributed by atoms with Crippen molar-refractivity contribution in [2.45, 2.75) is 6.92 Å². The molecule has 1 aromatic rings. The topological polar surface area (TPSA) is 97.6 Å². The highest BCUT2D eigenvalue weighted by Crippen LogP contribution is 2.19. The second kappa shape index (κ2) is 8.97. The van der Waals surface area contributed by atoms with Crippen LogP contribution in [0.25, 0.3) is 0 Å². The Morgan fingerprint density at radius 2 is 2.04 bits per heavy atom. The number of rotatable bonds is 6. The van der Waals surface area contributed by atoms with Gasteiger partial charge in [0.1, 0.15) is 6.54 Å². The highest BCUT2D eigenvalue weighted by Gasteiger charge is 2.30. The molecule has 2 rings (SSSR count). The van der Waals surface area contributed by atoms with Gasteiger partial charge in [-0.05, 0) is 24.6 Å². The normalized spacial score (nSPS) is 15.8. The van der Waals surface area contributed by atoms with Gasteiger partial charge in [-0.2, -0.15) is 5.10 Å². The van der Waals surface area contributed by atoms with Gasteiger partial charge in [-0.15, -0.1) is 5.10 Å². The summed E-state index contributed by atoms with van der Waals surface area (Å²) in [5, 5.41) is 8.28. The van der Waals surface area contributed by atoms with E-state index in [4.69, 9.17) is 4.74 Å². The minimum Gasteiger partial charge on any atom is -0.465 e. The van der Waals surface area contributed by atoms with Crippen molar-refractivity contribution in [2.75, 3.05) is 26.0 Å². The number of hydrogen-bond donors (Lipinski definition) is 0. The van der Waals surface area contributed by atoms with Gasteiger partial charge in [-0.3, -0.25) is 14.5 Å². The highest BCUT2D eigenvalue weighted by molar-refractivity contribution is 8.15. The second-order valence-electron chi connectivity index (χ2n) is 4.81. The van der Waals surface area contributed by atoms with Crippen LogP contribution in [-0.2, 0) is 19.1 Å². The van der Waals surface area contributed by atoms with Gasteiger partial charge in [0.15, 0.2) is 5.17 Å². The van der Waals surface area contributed by atoms with Gasteiger partial charge < -0.3 is 9.47 Å². The van der Waals surface area contributed by atoms with Crippen LogP contribution in [0.2, 0.25) is 0 Å². The molecule has 0 atom stereocenters. The van der Waals surface area contributed by atoms with Crippen molar-refractivity contribution < 1.29 is 23.9 Å². The maximum atomic E-state index is 11.8. The Morgan fingerprint density at radius 1 is 1.32 bits per heavy atom. The summed E-state index contributed by atoms with van der Waals surface area (Å²) in [5.74, 6) is -0.913. The number of esters is 2. The molecule has 1 heterocycles. The quantitative estimate of drug-likeness (QED) is 0.429. The molecule has 0 spiro atoms. The first-order chi connectivity index (χ1) is 12.0. The van der Waals surface area contributed by atoms with Crippen molar-refractivity contribution in [1.29, 1.82) is 0 Å². The van der Waals surface area contributed by atoms with E-state index in [1.807, 2.05) is 0 Å². The van der Waals surface area contributed by atoms with Crippen LogP contribution >= 0.6 is 11.8 Å². The van der Waals surface area contributed by atoms with E-state index in [0.717, 1.165) is 5.56 Å². The minimum absolute atomic E-state index is 0.179. The molecule has 1 aliphatic rings. The molecule has 0 saturated carbocycles. The monoisotopic (exact) mass is 363 g/mol. The van der Waals surface area contributed by atoms with E-state index in [2.05, 4.69) is 14.9 Å². The lowest BCUT2D eigenvalue weighted by Crippen LogP contribution is -2.35. The Kier molecular flexibility index (Phi) is 6.70. The van der Waals surface area contributed by atoms with Crippen LogP contribution in [0, 0.1) is 0 Å². The molecule has 1 aliphatic heterocycles. The van der Waals surface area contributed by atoms with E-state index in [0.29, 0.717) is 10.7 Å². The number of thioether (sulfide) groups is 1. The molecular formula is C16H17N3O5S. The molecule has 0 radical (unpaired) electrons. The molecule has 132 valence electrons. The summed E-state index contributed by atoms with van der Waals surface area (Å²) in [6.07, 6.45) is 1.49. The van der Waals surface area contributed by atoms with Crippen molar-refractivity contribution in [3.8, 4) is 0 Å². The zero-order valence-corrected chi connectivity index (χ0v) is 14.6. The molecule has 25 heavy (non-hydrogen) atoms. The van der Waals surface area contributed by atoms with Crippen molar-refractivity contribution in [3.05, 3.63) is 35.4 Å². The maximum absolute atomic E-state index is 11.8. The maximum Gasteiger partial charge on any atom is 0.337 e. The molecule has 0 aliphatic carbocycles. The van der Waals surface area contributed by atoms with Crippen LogP contribution in [0.15, 0.2) is 34.5 Å². The molecule has 0 unspecified atom stereocenters. The fourth-order valence-electron chi connectivity index (χ4n) is 1.93. The van der Waals surface area contributed by atoms with Gasteiger partial charge in [0, 0.05) is 0 Å². The molecule has 1 aromatic carbocycles. The Morgan fingerprint density at radius 3 is 2.68 bits per heavy atom. The van der Waals surface area contributed by atoms with Gasteiger partial charge in [0.05, 0.1) is 31.2 Å². The van der Waals surface area contributed by atoms with Gasteiger partial charge in [-0.1, -0.05) is 23.9 Å². The number of benzene rings is 1. The number of carbonyl (C=O) groups excluding carboxylic acids is 3. The molecule has 0 N–H and O–H groups in total. The lowest BCUT2D eigenvalue weighted by molar-refractivity contribution is -0.145. The predicted molar refractivity (Wildman–Crippen MR) is 93.6 cm³/mol.